The van der Waals surface area contributed by atoms with E-state index in [-0.39, 0.29) is 5.56 Å². The van der Waals surface area contributed by atoms with Gasteiger partial charge in [0.1, 0.15) is 17.2 Å². The van der Waals surface area contributed by atoms with Gasteiger partial charge in [0.25, 0.3) is 5.91 Å². The van der Waals surface area contributed by atoms with Crippen LogP contribution >= 0.6 is 15.9 Å². The minimum Gasteiger partial charge on any atom is -0.319 e. The predicted molar refractivity (Wildman–Crippen MR) is 92.4 cm³/mol. The Kier molecular flexibility index (Phi) is 4.62. The number of urea groups is 1. The quantitative estimate of drug-likeness (QED) is 0.606. The molecule has 1 unspecified atom stereocenters. The van der Waals surface area contributed by atoms with Crippen molar-refractivity contribution < 1.29 is 23.2 Å². The number of halogens is 3. The summed E-state index contributed by atoms with van der Waals surface area (Å²) in [7, 11) is 0. The Labute approximate surface area is 156 Å². The van der Waals surface area contributed by atoms with Crippen molar-refractivity contribution in [2.45, 2.75) is 12.5 Å². The van der Waals surface area contributed by atoms with Crippen LogP contribution in [0.5, 0.6) is 0 Å². The van der Waals surface area contributed by atoms with Crippen LogP contribution in [-0.2, 0) is 10.3 Å². The van der Waals surface area contributed by atoms with E-state index in [0.717, 1.165) is 21.5 Å². The lowest BCUT2D eigenvalue weighted by atomic mass is 9.92. The van der Waals surface area contributed by atoms with Crippen molar-refractivity contribution in [2.24, 2.45) is 0 Å². The maximum atomic E-state index is 13.8. The largest absolute Gasteiger partial charge is 0.325 e. The van der Waals surface area contributed by atoms with Crippen molar-refractivity contribution in [3.8, 4) is 0 Å². The fraction of sp³-hybridized carbons (Fsp3) is 0.167. The average Bonchev–Trinajstić information content (AvgIpc) is 2.79. The molecule has 1 aliphatic rings. The minimum atomic E-state index is -1.34. The van der Waals surface area contributed by atoms with Gasteiger partial charge in [-0.05, 0) is 36.8 Å². The number of benzene rings is 2. The van der Waals surface area contributed by atoms with Gasteiger partial charge in [-0.1, -0.05) is 28.1 Å². The molecule has 0 bridgehead atoms. The number of ketones is 1. The highest BCUT2D eigenvalue weighted by Crippen LogP contribution is 2.30. The molecule has 134 valence electrons. The number of carbonyl (C=O) groups excluding carboxylic acids is 3. The van der Waals surface area contributed by atoms with Gasteiger partial charge in [0.05, 0.1) is 12.1 Å². The smallest absolute Gasteiger partial charge is 0.319 e. The second kappa shape index (κ2) is 6.60. The molecule has 1 heterocycles. The monoisotopic (exact) mass is 422 g/mol. The van der Waals surface area contributed by atoms with Gasteiger partial charge in [0.2, 0.25) is 0 Å². The number of imide groups is 1. The summed E-state index contributed by atoms with van der Waals surface area (Å²) in [6.45, 7) is 0.884. The lowest BCUT2D eigenvalue weighted by molar-refractivity contribution is -0.130. The van der Waals surface area contributed by atoms with Crippen molar-refractivity contribution in [2.75, 3.05) is 6.54 Å². The summed E-state index contributed by atoms with van der Waals surface area (Å²) < 4.78 is 27.5. The topological polar surface area (TPSA) is 66.5 Å². The van der Waals surface area contributed by atoms with E-state index in [0.29, 0.717) is 11.6 Å². The summed E-state index contributed by atoms with van der Waals surface area (Å²) in [6, 6.07) is 8.58. The van der Waals surface area contributed by atoms with Gasteiger partial charge in [-0.3, -0.25) is 14.5 Å². The zero-order valence-electron chi connectivity index (χ0n) is 13.6. The van der Waals surface area contributed by atoms with Crippen LogP contribution in [-0.4, -0.2) is 29.2 Å². The molecule has 0 aromatic heterocycles. The van der Waals surface area contributed by atoms with E-state index in [2.05, 4.69) is 21.2 Å². The Hall–Kier alpha value is -2.61. The average molecular weight is 423 g/mol. The van der Waals surface area contributed by atoms with Crippen molar-refractivity contribution in [1.29, 1.82) is 0 Å². The Morgan fingerprint density at radius 3 is 2.58 bits per heavy atom. The van der Waals surface area contributed by atoms with E-state index in [1.54, 1.807) is 24.3 Å². The van der Waals surface area contributed by atoms with Gasteiger partial charge < -0.3 is 5.32 Å². The fourth-order valence-electron chi connectivity index (χ4n) is 2.78. The van der Waals surface area contributed by atoms with Crippen molar-refractivity contribution in [1.82, 2.24) is 10.2 Å². The highest BCUT2D eigenvalue weighted by atomic mass is 79.9. The van der Waals surface area contributed by atoms with Gasteiger partial charge in [0, 0.05) is 10.5 Å². The summed E-state index contributed by atoms with van der Waals surface area (Å²) >= 11 is 3.30. The van der Waals surface area contributed by atoms with Crippen LogP contribution in [0.3, 0.4) is 0 Å². The summed E-state index contributed by atoms with van der Waals surface area (Å²) in [4.78, 5) is 38.0. The fourth-order valence-corrected chi connectivity index (χ4v) is 3.18. The number of Topliss-reactive ketones (excluding diaryl/α,β-unsaturated/α-hetero) is 1. The van der Waals surface area contributed by atoms with Crippen molar-refractivity contribution >= 4 is 33.7 Å². The zero-order chi connectivity index (χ0) is 19.1. The number of nitrogens with zero attached hydrogens (tertiary/aromatic N) is 1. The normalized spacial score (nSPS) is 19.6. The van der Waals surface area contributed by atoms with E-state index >= 15 is 0 Å². The van der Waals surface area contributed by atoms with Crippen molar-refractivity contribution in [3.63, 3.8) is 0 Å². The summed E-state index contributed by atoms with van der Waals surface area (Å²) in [6.07, 6.45) is 0. The van der Waals surface area contributed by atoms with E-state index in [9.17, 15) is 23.2 Å². The molecule has 1 saturated heterocycles. The molecule has 1 atom stereocenters. The molecule has 0 radical (unpaired) electrons. The SMILES string of the molecule is CC1(c2cccc(Br)c2)NC(=O)N(CC(=O)c2ccc(F)cc2F)C1=O. The third kappa shape index (κ3) is 3.12. The molecule has 0 saturated carbocycles. The van der Waals surface area contributed by atoms with Gasteiger partial charge >= 0.3 is 6.03 Å². The Bertz CT molecular complexity index is 934. The van der Waals surface area contributed by atoms with Crippen LogP contribution in [0.25, 0.3) is 0 Å². The summed E-state index contributed by atoms with van der Waals surface area (Å²) in [5.74, 6) is -3.30. The lowest BCUT2D eigenvalue weighted by Crippen LogP contribution is -2.41. The molecule has 26 heavy (non-hydrogen) atoms. The Morgan fingerprint density at radius 1 is 1.19 bits per heavy atom. The van der Waals surface area contributed by atoms with Crippen molar-refractivity contribution in [3.05, 3.63) is 69.7 Å². The summed E-state index contributed by atoms with van der Waals surface area (Å²) in [5.41, 5.74) is -1.20. The first-order valence-electron chi connectivity index (χ1n) is 7.61. The van der Waals surface area contributed by atoms with Gasteiger partial charge in [0.15, 0.2) is 5.78 Å². The minimum absolute atomic E-state index is 0.386. The van der Waals surface area contributed by atoms with Crippen LogP contribution < -0.4 is 5.32 Å². The first-order valence-corrected chi connectivity index (χ1v) is 8.40. The van der Waals surface area contributed by atoms with E-state index in [4.69, 9.17) is 0 Å². The van der Waals surface area contributed by atoms with E-state index in [1.807, 2.05) is 0 Å². The maximum Gasteiger partial charge on any atom is 0.325 e. The molecular formula is C18H13BrF2N2O3. The number of nitrogens with one attached hydrogen (secondary N) is 1. The predicted octanol–water partition coefficient (Wildman–Crippen LogP) is 3.38. The maximum absolute atomic E-state index is 13.8. The molecular weight excluding hydrogens is 410 g/mol. The van der Waals surface area contributed by atoms with Crippen LogP contribution in [0, 0.1) is 11.6 Å². The number of rotatable bonds is 4. The molecule has 1 fully saturated rings. The van der Waals surface area contributed by atoms with E-state index in [1.165, 1.54) is 6.92 Å². The van der Waals surface area contributed by atoms with Crippen LogP contribution in [0.2, 0.25) is 0 Å². The third-order valence-corrected chi connectivity index (χ3v) is 4.70. The molecule has 8 heteroatoms. The molecule has 5 nitrogen and oxygen atoms in total. The Morgan fingerprint density at radius 2 is 1.92 bits per heavy atom. The molecule has 2 aromatic rings. The van der Waals surface area contributed by atoms with Gasteiger partial charge in [-0.15, -0.1) is 0 Å². The van der Waals surface area contributed by atoms with Crippen LogP contribution in [0.1, 0.15) is 22.8 Å². The third-order valence-electron chi connectivity index (χ3n) is 4.21. The number of carbonyl (C=O) groups is 3. The first-order chi connectivity index (χ1) is 12.2. The zero-order valence-corrected chi connectivity index (χ0v) is 15.1. The highest BCUT2D eigenvalue weighted by Gasteiger charge is 2.49. The second-order valence-electron chi connectivity index (χ2n) is 6.00. The number of amides is 3. The van der Waals surface area contributed by atoms with Crippen LogP contribution in [0.4, 0.5) is 13.6 Å². The van der Waals surface area contributed by atoms with Gasteiger partial charge in [-0.2, -0.15) is 0 Å². The molecule has 0 aliphatic carbocycles. The molecule has 1 aliphatic heterocycles. The summed E-state index contributed by atoms with van der Waals surface area (Å²) in [5, 5.41) is 2.56. The first kappa shape index (κ1) is 18.2. The Balaban J connectivity index is 1.86. The molecule has 0 spiro atoms. The molecule has 3 rings (SSSR count). The lowest BCUT2D eigenvalue weighted by Gasteiger charge is -2.22. The highest BCUT2D eigenvalue weighted by molar-refractivity contribution is 9.10. The number of hydrogen-bond acceptors (Lipinski definition) is 3. The molecule has 3 amide bonds. The van der Waals surface area contributed by atoms with E-state index < -0.39 is 41.4 Å². The van der Waals surface area contributed by atoms with Crippen LogP contribution in [0.15, 0.2) is 46.9 Å². The standard InChI is InChI=1S/C18H13BrF2N2O3/c1-18(10-3-2-4-11(19)7-10)16(25)23(17(26)22-18)9-15(24)13-6-5-12(20)8-14(13)21/h2-8H,9H2,1H3,(H,22,26). The molecule has 1 N–H and O–H groups in total. The van der Waals surface area contributed by atoms with Gasteiger partial charge in [-0.25, -0.2) is 13.6 Å². The number of hydrogen-bond donors (Lipinski definition) is 1. The second-order valence-corrected chi connectivity index (χ2v) is 6.92. The molecule has 2 aromatic carbocycles.